The molecule has 0 saturated carbocycles. The predicted molar refractivity (Wildman–Crippen MR) is 71.1 cm³/mol. The second kappa shape index (κ2) is 6.50. The molecular formula is C12H11N3O3S. The van der Waals surface area contributed by atoms with Gasteiger partial charge in [0.2, 0.25) is 0 Å². The molecule has 0 saturated heterocycles. The molecule has 2 aromatic rings. The highest BCUT2D eigenvalue weighted by Gasteiger charge is 2.09. The van der Waals surface area contributed by atoms with Crippen LogP contribution in [0.15, 0.2) is 45.4 Å². The maximum atomic E-state index is 11.4. The van der Waals surface area contributed by atoms with E-state index in [0.717, 1.165) is 4.88 Å². The number of nitrogens with zero attached hydrogens (tertiary/aromatic N) is 1. The molecule has 2 N–H and O–H groups in total. The molecule has 6 nitrogen and oxygen atoms in total. The fraction of sp³-hybridized carbons (Fsp3) is 0.0833. The van der Waals surface area contributed by atoms with Crippen LogP contribution in [-0.4, -0.2) is 24.6 Å². The normalized spacial score (nSPS) is 10.5. The molecule has 0 bridgehead atoms. The highest BCUT2D eigenvalue weighted by molar-refractivity contribution is 7.11. The van der Waals surface area contributed by atoms with Gasteiger partial charge in [0.25, 0.3) is 11.8 Å². The standard InChI is InChI=1S/C12H11N3O3S/c16-11(15-14-7-9-3-2-6-19-9)8-13-12(17)10-4-1-5-18-10/h1-7H,8H2,(H,13,17)(H,15,16)/b14-7-. The van der Waals surface area contributed by atoms with Crippen molar-refractivity contribution in [1.29, 1.82) is 0 Å². The maximum absolute atomic E-state index is 11.4. The second-order valence-electron chi connectivity index (χ2n) is 3.47. The lowest BCUT2D eigenvalue weighted by Crippen LogP contribution is -2.34. The van der Waals surface area contributed by atoms with E-state index in [4.69, 9.17) is 4.42 Å². The Morgan fingerprint density at radius 2 is 2.26 bits per heavy atom. The van der Waals surface area contributed by atoms with E-state index >= 15 is 0 Å². The summed E-state index contributed by atoms with van der Waals surface area (Å²) in [5.41, 5.74) is 2.31. The van der Waals surface area contributed by atoms with Gasteiger partial charge in [-0.2, -0.15) is 5.10 Å². The summed E-state index contributed by atoms with van der Waals surface area (Å²) in [5, 5.41) is 8.09. The molecule has 98 valence electrons. The summed E-state index contributed by atoms with van der Waals surface area (Å²) >= 11 is 1.51. The smallest absolute Gasteiger partial charge is 0.287 e. The summed E-state index contributed by atoms with van der Waals surface area (Å²) in [4.78, 5) is 23.8. The minimum absolute atomic E-state index is 0.162. The molecule has 2 rings (SSSR count). The third-order valence-corrected chi connectivity index (χ3v) is 2.89. The Morgan fingerprint density at radius 3 is 2.95 bits per heavy atom. The minimum Gasteiger partial charge on any atom is -0.459 e. The van der Waals surface area contributed by atoms with Crippen LogP contribution in [0.25, 0.3) is 0 Å². The number of carbonyl (C=O) groups excluding carboxylic acids is 2. The largest absolute Gasteiger partial charge is 0.459 e. The van der Waals surface area contributed by atoms with E-state index < -0.39 is 11.8 Å². The molecule has 0 aliphatic heterocycles. The molecule has 0 aromatic carbocycles. The number of hydrogen-bond acceptors (Lipinski definition) is 5. The summed E-state index contributed by atoms with van der Waals surface area (Å²) in [6.07, 6.45) is 2.93. The maximum Gasteiger partial charge on any atom is 0.287 e. The van der Waals surface area contributed by atoms with Crippen molar-refractivity contribution < 1.29 is 14.0 Å². The van der Waals surface area contributed by atoms with Gasteiger partial charge in [-0.3, -0.25) is 9.59 Å². The first-order valence-electron chi connectivity index (χ1n) is 5.43. The molecule has 0 spiro atoms. The van der Waals surface area contributed by atoms with Gasteiger partial charge < -0.3 is 9.73 Å². The van der Waals surface area contributed by atoms with E-state index in [1.54, 1.807) is 6.07 Å². The van der Waals surface area contributed by atoms with Crippen LogP contribution in [0, 0.1) is 0 Å². The average Bonchev–Trinajstić information content (AvgIpc) is 3.08. The number of hydrogen-bond donors (Lipinski definition) is 2. The number of amides is 2. The van der Waals surface area contributed by atoms with Crippen LogP contribution < -0.4 is 10.7 Å². The fourth-order valence-corrected chi connectivity index (χ4v) is 1.81. The molecule has 2 amide bonds. The number of furan rings is 1. The van der Waals surface area contributed by atoms with Crippen molar-refractivity contribution in [2.45, 2.75) is 0 Å². The van der Waals surface area contributed by atoms with Gasteiger partial charge in [0.15, 0.2) is 5.76 Å². The lowest BCUT2D eigenvalue weighted by molar-refractivity contribution is -0.120. The Hall–Kier alpha value is -2.41. The number of carbonyl (C=O) groups is 2. The van der Waals surface area contributed by atoms with Crippen LogP contribution in [0.5, 0.6) is 0 Å². The Morgan fingerprint density at radius 1 is 1.37 bits per heavy atom. The average molecular weight is 277 g/mol. The summed E-state index contributed by atoms with van der Waals surface area (Å²) in [5.74, 6) is -0.690. The quantitative estimate of drug-likeness (QED) is 0.636. The summed E-state index contributed by atoms with van der Waals surface area (Å²) in [6, 6.07) is 6.87. The third-order valence-electron chi connectivity index (χ3n) is 2.08. The first-order chi connectivity index (χ1) is 9.25. The Bertz CT molecular complexity index is 561. The van der Waals surface area contributed by atoms with E-state index in [-0.39, 0.29) is 12.3 Å². The molecule has 0 unspecified atom stereocenters. The van der Waals surface area contributed by atoms with Gasteiger partial charge in [0.05, 0.1) is 19.0 Å². The lowest BCUT2D eigenvalue weighted by Gasteiger charge is -2.01. The van der Waals surface area contributed by atoms with Crippen molar-refractivity contribution in [1.82, 2.24) is 10.7 Å². The lowest BCUT2D eigenvalue weighted by atomic mass is 10.4. The molecule has 0 atom stereocenters. The topological polar surface area (TPSA) is 83.7 Å². The zero-order valence-corrected chi connectivity index (χ0v) is 10.6. The van der Waals surface area contributed by atoms with Gasteiger partial charge in [-0.15, -0.1) is 11.3 Å². The number of thiophene rings is 1. The molecule has 19 heavy (non-hydrogen) atoms. The highest BCUT2D eigenvalue weighted by Crippen LogP contribution is 2.04. The van der Waals surface area contributed by atoms with Gasteiger partial charge in [-0.1, -0.05) is 6.07 Å². The molecule has 0 fully saturated rings. The minimum atomic E-state index is -0.442. The van der Waals surface area contributed by atoms with Crippen molar-refractivity contribution in [2.75, 3.05) is 6.54 Å². The summed E-state index contributed by atoms with van der Waals surface area (Å²) in [7, 11) is 0. The Kier molecular flexibility index (Phi) is 4.46. The monoisotopic (exact) mass is 277 g/mol. The van der Waals surface area contributed by atoms with Gasteiger partial charge in [0, 0.05) is 4.88 Å². The highest BCUT2D eigenvalue weighted by atomic mass is 32.1. The molecule has 2 heterocycles. The number of hydrazone groups is 1. The number of rotatable bonds is 5. The van der Waals surface area contributed by atoms with Crippen molar-refractivity contribution >= 4 is 29.4 Å². The Balaban J connectivity index is 1.71. The van der Waals surface area contributed by atoms with Crippen molar-refractivity contribution in [2.24, 2.45) is 5.10 Å². The zero-order chi connectivity index (χ0) is 13.5. The van der Waals surface area contributed by atoms with E-state index in [2.05, 4.69) is 15.8 Å². The Labute approximate surface area is 113 Å². The van der Waals surface area contributed by atoms with Crippen LogP contribution in [0.3, 0.4) is 0 Å². The summed E-state index contributed by atoms with van der Waals surface area (Å²) < 4.78 is 4.89. The molecule has 7 heteroatoms. The van der Waals surface area contributed by atoms with Gasteiger partial charge in [-0.25, -0.2) is 5.43 Å². The molecule has 0 aliphatic carbocycles. The van der Waals surface area contributed by atoms with Gasteiger partial charge in [-0.05, 0) is 23.6 Å². The van der Waals surface area contributed by atoms with Crippen LogP contribution >= 0.6 is 11.3 Å². The predicted octanol–water partition coefficient (Wildman–Crippen LogP) is 1.22. The van der Waals surface area contributed by atoms with Crippen LogP contribution in [0.1, 0.15) is 15.4 Å². The number of nitrogens with one attached hydrogen (secondary N) is 2. The van der Waals surface area contributed by atoms with E-state index in [1.807, 2.05) is 17.5 Å². The third kappa shape index (κ3) is 4.07. The van der Waals surface area contributed by atoms with Gasteiger partial charge >= 0.3 is 0 Å². The van der Waals surface area contributed by atoms with Crippen LogP contribution in [0.2, 0.25) is 0 Å². The van der Waals surface area contributed by atoms with Crippen LogP contribution in [-0.2, 0) is 4.79 Å². The molecule has 0 aliphatic rings. The zero-order valence-electron chi connectivity index (χ0n) is 9.83. The van der Waals surface area contributed by atoms with Crippen LogP contribution in [0.4, 0.5) is 0 Å². The first kappa shape index (κ1) is 13.0. The van der Waals surface area contributed by atoms with E-state index in [9.17, 15) is 9.59 Å². The fourth-order valence-electron chi connectivity index (χ4n) is 1.23. The van der Waals surface area contributed by atoms with Crippen molar-refractivity contribution in [3.8, 4) is 0 Å². The van der Waals surface area contributed by atoms with Gasteiger partial charge in [0.1, 0.15) is 0 Å². The summed E-state index contributed by atoms with van der Waals surface area (Å²) in [6.45, 7) is -0.165. The van der Waals surface area contributed by atoms with E-state index in [1.165, 1.54) is 29.9 Å². The molecular weight excluding hydrogens is 266 g/mol. The second-order valence-corrected chi connectivity index (χ2v) is 4.45. The van der Waals surface area contributed by atoms with Crippen molar-refractivity contribution in [3.05, 3.63) is 46.5 Å². The van der Waals surface area contributed by atoms with Crippen molar-refractivity contribution in [3.63, 3.8) is 0 Å². The molecule has 2 aromatic heterocycles. The van der Waals surface area contributed by atoms with E-state index in [0.29, 0.717) is 0 Å². The first-order valence-corrected chi connectivity index (χ1v) is 6.31. The molecule has 0 radical (unpaired) electrons. The SMILES string of the molecule is O=C(CNC(=O)c1ccco1)N/N=C\c1cccs1.